The molecule has 3 amide bonds. The summed E-state index contributed by atoms with van der Waals surface area (Å²) in [5, 5.41) is 6.09. The number of halogens is 3. The molecule has 0 spiro atoms. The molecule has 0 aliphatic carbocycles. The molecule has 1 saturated heterocycles. The summed E-state index contributed by atoms with van der Waals surface area (Å²) in [7, 11) is 0. The molecule has 1 heterocycles. The van der Waals surface area contributed by atoms with Crippen LogP contribution in [0.25, 0.3) is 0 Å². The predicted octanol–water partition coefficient (Wildman–Crippen LogP) is 2.50. The van der Waals surface area contributed by atoms with Crippen LogP contribution >= 0.6 is 0 Å². The van der Waals surface area contributed by atoms with E-state index in [1.807, 2.05) is 30.3 Å². The number of hydrogen-bond donors (Lipinski definition) is 3. The average molecular weight is 463 g/mol. The van der Waals surface area contributed by atoms with Gasteiger partial charge in [-0.2, -0.15) is 18.2 Å². The van der Waals surface area contributed by atoms with Gasteiger partial charge in [-0.1, -0.05) is 30.3 Å². The second kappa shape index (κ2) is 10.9. The van der Waals surface area contributed by atoms with Gasteiger partial charge in [0.15, 0.2) is 0 Å². The maximum absolute atomic E-state index is 12.8. The molecule has 0 aromatic heterocycles. The smallest absolute Gasteiger partial charge is 0.383 e. The molecule has 2 aromatic rings. The molecule has 1 unspecified atom stereocenters. The second-order valence-corrected chi connectivity index (χ2v) is 7.35. The van der Waals surface area contributed by atoms with Crippen LogP contribution in [-0.2, 0) is 16.1 Å². The molecule has 1 aliphatic heterocycles. The Morgan fingerprint density at radius 1 is 1.12 bits per heavy atom. The van der Waals surface area contributed by atoms with Gasteiger partial charge in [0.1, 0.15) is 5.84 Å². The number of morpholine rings is 1. The number of benzene rings is 2. The molecule has 1 atom stereocenters. The normalized spacial score (nSPS) is 17.0. The predicted molar refractivity (Wildman–Crippen MR) is 117 cm³/mol. The highest BCUT2D eigenvalue weighted by Crippen LogP contribution is 2.18. The highest BCUT2D eigenvalue weighted by Gasteiger charge is 2.38. The molecule has 8 nitrogen and oxygen atoms in total. The first-order chi connectivity index (χ1) is 15.7. The van der Waals surface area contributed by atoms with Crippen LogP contribution in [-0.4, -0.2) is 61.2 Å². The van der Waals surface area contributed by atoms with Crippen molar-refractivity contribution in [1.82, 2.24) is 10.2 Å². The maximum Gasteiger partial charge on any atom is 0.473 e. The van der Waals surface area contributed by atoms with Crippen molar-refractivity contribution < 1.29 is 27.5 Å². The molecule has 0 saturated carbocycles. The van der Waals surface area contributed by atoms with E-state index in [-0.39, 0.29) is 17.6 Å². The Bertz CT molecular complexity index is 981. The molecular formula is C22H24F3N5O3. The number of alkyl halides is 3. The van der Waals surface area contributed by atoms with E-state index in [0.29, 0.717) is 38.5 Å². The second-order valence-electron chi connectivity index (χ2n) is 7.35. The van der Waals surface area contributed by atoms with Gasteiger partial charge < -0.3 is 26.0 Å². The van der Waals surface area contributed by atoms with Gasteiger partial charge in [0.05, 0.1) is 19.3 Å². The van der Waals surface area contributed by atoms with Crippen LogP contribution in [0, 0.1) is 0 Å². The molecule has 0 radical (unpaired) electrons. The van der Waals surface area contributed by atoms with Crippen molar-refractivity contribution in [2.45, 2.75) is 18.8 Å². The number of rotatable bonds is 6. The van der Waals surface area contributed by atoms with Crippen molar-refractivity contribution in [1.29, 1.82) is 0 Å². The van der Waals surface area contributed by atoms with E-state index in [2.05, 4.69) is 15.6 Å². The van der Waals surface area contributed by atoms with Gasteiger partial charge >= 0.3 is 18.1 Å². The van der Waals surface area contributed by atoms with E-state index in [1.165, 1.54) is 24.3 Å². The summed E-state index contributed by atoms with van der Waals surface area (Å²) in [4.78, 5) is 28.3. The van der Waals surface area contributed by atoms with Gasteiger partial charge in [-0.05, 0) is 29.8 Å². The minimum atomic E-state index is -5.09. The lowest BCUT2D eigenvalue weighted by Gasteiger charge is -2.35. The molecule has 4 N–H and O–H groups in total. The SMILES string of the molecule is NC(=NC(=O)C(F)(F)F)c1ccc(NC(=O)N2CCOCC2CNCc2ccccc2)cc1. The number of nitrogens with two attached hydrogens (primary N) is 1. The van der Waals surface area contributed by atoms with Crippen molar-refractivity contribution in [3.63, 3.8) is 0 Å². The first-order valence-corrected chi connectivity index (χ1v) is 10.2. The molecule has 33 heavy (non-hydrogen) atoms. The van der Waals surface area contributed by atoms with E-state index >= 15 is 0 Å². The Morgan fingerprint density at radius 2 is 1.82 bits per heavy atom. The van der Waals surface area contributed by atoms with Crippen molar-refractivity contribution in [2.24, 2.45) is 10.7 Å². The fourth-order valence-corrected chi connectivity index (χ4v) is 3.23. The molecule has 11 heteroatoms. The summed E-state index contributed by atoms with van der Waals surface area (Å²) < 4.78 is 42.5. The van der Waals surface area contributed by atoms with Crippen LogP contribution in [0.5, 0.6) is 0 Å². The number of nitrogens with one attached hydrogen (secondary N) is 2. The van der Waals surface area contributed by atoms with Crippen LogP contribution in [0.1, 0.15) is 11.1 Å². The first-order valence-electron chi connectivity index (χ1n) is 10.2. The summed E-state index contributed by atoms with van der Waals surface area (Å²) in [6.45, 7) is 2.44. The number of urea groups is 1. The van der Waals surface area contributed by atoms with Gasteiger partial charge in [0, 0.05) is 30.9 Å². The number of hydrogen-bond acceptors (Lipinski definition) is 4. The highest BCUT2D eigenvalue weighted by atomic mass is 19.4. The zero-order valence-electron chi connectivity index (χ0n) is 17.6. The van der Waals surface area contributed by atoms with Gasteiger partial charge in [0.2, 0.25) is 0 Å². The third-order valence-electron chi connectivity index (χ3n) is 4.94. The van der Waals surface area contributed by atoms with Crippen molar-refractivity contribution in [3.05, 3.63) is 65.7 Å². The largest absolute Gasteiger partial charge is 0.473 e. The Labute approximate surface area is 188 Å². The minimum Gasteiger partial charge on any atom is -0.383 e. The van der Waals surface area contributed by atoms with E-state index in [4.69, 9.17) is 10.5 Å². The molecule has 176 valence electrons. The first kappa shape index (κ1) is 24.2. The number of carbonyl (C=O) groups excluding carboxylic acids is 2. The van der Waals surface area contributed by atoms with Gasteiger partial charge in [-0.25, -0.2) is 4.79 Å². The van der Waals surface area contributed by atoms with Gasteiger partial charge in [0.25, 0.3) is 0 Å². The summed E-state index contributed by atoms with van der Waals surface area (Å²) in [6.07, 6.45) is -5.09. The van der Waals surface area contributed by atoms with Crippen molar-refractivity contribution in [2.75, 3.05) is 31.6 Å². The molecule has 3 rings (SSSR count). The fourth-order valence-electron chi connectivity index (χ4n) is 3.23. The zero-order valence-corrected chi connectivity index (χ0v) is 17.6. The van der Waals surface area contributed by atoms with Crippen LogP contribution in [0.4, 0.5) is 23.7 Å². The molecule has 0 bridgehead atoms. The fraction of sp³-hybridized carbons (Fsp3) is 0.318. The molecule has 2 aromatic carbocycles. The van der Waals surface area contributed by atoms with Gasteiger partial charge in [-0.3, -0.25) is 4.79 Å². The monoisotopic (exact) mass is 463 g/mol. The lowest BCUT2D eigenvalue weighted by molar-refractivity contribution is -0.169. The lowest BCUT2D eigenvalue weighted by atomic mass is 10.2. The standard InChI is InChI=1S/C22H24F3N5O3/c23-22(24,25)20(31)29-19(26)16-6-8-17(9-7-16)28-21(32)30-10-11-33-14-18(30)13-27-12-15-4-2-1-3-5-15/h1-9,18,27H,10-14H2,(H,28,32)(H2,26,29,31). The maximum atomic E-state index is 12.8. The van der Waals surface area contributed by atoms with E-state index in [1.54, 1.807) is 4.90 Å². The third kappa shape index (κ3) is 7.02. The number of anilines is 1. The summed E-state index contributed by atoms with van der Waals surface area (Å²) in [5.74, 6) is -2.84. The number of ether oxygens (including phenoxy) is 1. The van der Waals surface area contributed by atoms with E-state index < -0.39 is 17.9 Å². The van der Waals surface area contributed by atoms with Crippen LogP contribution in [0.3, 0.4) is 0 Å². The van der Waals surface area contributed by atoms with Gasteiger partial charge in [-0.15, -0.1) is 0 Å². The number of amidine groups is 1. The zero-order chi connectivity index (χ0) is 23.8. The van der Waals surface area contributed by atoms with Crippen LogP contribution < -0.4 is 16.4 Å². The Hall–Kier alpha value is -3.44. The van der Waals surface area contributed by atoms with Crippen molar-refractivity contribution >= 4 is 23.5 Å². The summed E-state index contributed by atoms with van der Waals surface area (Å²) >= 11 is 0. The number of carbonyl (C=O) groups is 2. The Kier molecular flexibility index (Phi) is 8.01. The highest BCUT2D eigenvalue weighted by molar-refractivity contribution is 6.05. The lowest BCUT2D eigenvalue weighted by Crippen LogP contribution is -2.54. The van der Waals surface area contributed by atoms with E-state index in [0.717, 1.165) is 5.56 Å². The number of aliphatic imine (C=N–C) groups is 1. The quantitative estimate of drug-likeness (QED) is 0.451. The van der Waals surface area contributed by atoms with E-state index in [9.17, 15) is 22.8 Å². The molecule has 1 fully saturated rings. The Morgan fingerprint density at radius 3 is 2.48 bits per heavy atom. The average Bonchev–Trinajstić information content (AvgIpc) is 2.80. The number of nitrogens with zero attached hydrogens (tertiary/aromatic N) is 2. The van der Waals surface area contributed by atoms with Crippen molar-refractivity contribution in [3.8, 4) is 0 Å². The third-order valence-corrected chi connectivity index (χ3v) is 4.94. The molecule has 1 aliphatic rings. The minimum absolute atomic E-state index is 0.125. The van der Waals surface area contributed by atoms with Crippen LogP contribution in [0.15, 0.2) is 59.6 Å². The number of amides is 3. The Balaban J connectivity index is 1.57. The summed E-state index contributed by atoms with van der Waals surface area (Å²) in [6, 6.07) is 15.1. The summed E-state index contributed by atoms with van der Waals surface area (Å²) in [5.41, 5.74) is 7.15. The topological polar surface area (TPSA) is 109 Å². The van der Waals surface area contributed by atoms with Crippen LogP contribution in [0.2, 0.25) is 0 Å². The molecular weight excluding hydrogens is 439 g/mol.